The van der Waals surface area contributed by atoms with Crippen molar-refractivity contribution >= 4 is 16.8 Å². The van der Waals surface area contributed by atoms with E-state index in [0.717, 1.165) is 10.9 Å². The molecule has 1 atom stereocenters. The fraction of sp³-hybridized carbons (Fsp3) is 0.167. The average molecular weight is 278 g/mol. The Balaban J connectivity index is 1.66. The Hall–Kier alpha value is -2.55. The fourth-order valence-corrected chi connectivity index (χ4v) is 2.44. The van der Waals surface area contributed by atoms with Crippen LogP contribution in [-0.4, -0.2) is 17.4 Å². The average Bonchev–Trinajstić information content (AvgIpc) is 2.97. The SMILES string of the molecule is CC(CNC(=O)c1cc2ccccc2[nH]1)c1ccccc1. The zero-order valence-electron chi connectivity index (χ0n) is 12.0. The van der Waals surface area contributed by atoms with Crippen molar-refractivity contribution in [3.8, 4) is 0 Å². The highest BCUT2D eigenvalue weighted by Crippen LogP contribution is 2.16. The molecule has 2 N–H and O–H groups in total. The van der Waals surface area contributed by atoms with Crippen LogP contribution in [0.15, 0.2) is 60.7 Å². The summed E-state index contributed by atoms with van der Waals surface area (Å²) in [5, 5.41) is 4.04. The largest absolute Gasteiger partial charge is 0.351 e. The Morgan fingerprint density at radius 1 is 1.10 bits per heavy atom. The van der Waals surface area contributed by atoms with Crippen molar-refractivity contribution in [1.29, 1.82) is 0 Å². The highest BCUT2D eigenvalue weighted by atomic mass is 16.1. The highest BCUT2D eigenvalue weighted by Gasteiger charge is 2.11. The number of aromatic nitrogens is 1. The minimum atomic E-state index is -0.0611. The van der Waals surface area contributed by atoms with Crippen LogP contribution in [0.25, 0.3) is 10.9 Å². The Bertz CT molecular complexity index is 713. The molecule has 1 aromatic heterocycles. The lowest BCUT2D eigenvalue weighted by Gasteiger charge is -2.12. The summed E-state index contributed by atoms with van der Waals surface area (Å²) in [6.45, 7) is 2.74. The number of amides is 1. The zero-order chi connectivity index (χ0) is 14.7. The van der Waals surface area contributed by atoms with Crippen LogP contribution in [-0.2, 0) is 0 Å². The minimum Gasteiger partial charge on any atom is -0.351 e. The van der Waals surface area contributed by atoms with Gasteiger partial charge in [-0.25, -0.2) is 0 Å². The first-order valence-corrected chi connectivity index (χ1v) is 7.15. The van der Waals surface area contributed by atoms with Crippen molar-refractivity contribution in [2.24, 2.45) is 0 Å². The van der Waals surface area contributed by atoms with Crippen LogP contribution in [0.3, 0.4) is 0 Å². The first-order chi connectivity index (χ1) is 10.2. The second kappa shape index (κ2) is 5.83. The van der Waals surface area contributed by atoms with Gasteiger partial charge in [0.1, 0.15) is 5.69 Å². The molecular formula is C18H18N2O. The molecule has 3 rings (SSSR count). The van der Waals surface area contributed by atoms with Crippen LogP contribution in [0, 0.1) is 0 Å². The number of fused-ring (bicyclic) bond motifs is 1. The second-order valence-corrected chi connectivity index (χ2v) is 5.29. The number of hydrogen-bond acceptors (Lipinski definition) is 1. The normalized spacial score (nSPS) is 12.2. The summed E-state index contributed by atoms with van der Waals surface area (Å²) in [5.74, 6) is 0.230. The van der Waals surface area contributed by atoms with E-state index >= 15 is 0 Å². The van der Waals surface area contributed by atoms with Gasteiger partial charge in [-0.2, -0.15) is 0 Å². The summed E-state index contributed by atoms with van der Waals surface area (Å²) in [6, 6.07) is 20.0. The van der Waals surface area contributed by atoms with Crippen LogP contribution >= 0.6 is 0 Å². The molecule has 21 heavy (non-hydrogen) atoms. The van der Waals surface area contributed by atoms with E-state index in [9.17, 15) is 4.79 Å². The quantitative estimate of drug-likeness (QED) is 0.751. The molecule has 1 amide bonds. The molecule has 1 heterocycles. The maximum atomic E-state index is 12.2. The summed E-state index contributed by atoms with van der Waals surface area (Å²) in [4.78, 5) is 15.4. The molecule has 106 valence electrons. The summed E-state index contributed by atoms with van der Waals surface area (Å²) in [6.07, 6.45) is 0. The monoisotopic (exact) mass is 278 g/mol. The van der Waals surface area contributed by atoms with Gasteiger partial charge in [0.15, 0.2) is 0 Å². The predicted molar refractivity (Wildman–Crippen MR) is 85.5 cm³/mol. The molecule has 3 aromatic rings. The van der Waals surface area contributed by atoms with Gasteiger partial charge in [-0.05, 0) is 23.6 Å². The number of nitrogens with one attached hydrogen (secondary N) is 2. The number of H-pyrrole nitrogens is 1. The van der Waals surface area contributed by atoms with Gasteiger partial charge in [0.05, 0.1) is 0 Å². The molecule has 3 heteroatoms. The van der Waals surface area contributed by atoms with E-state index in [1.54, 1.807) is 0 Å². The number of rotatable bonds is 4. The van der Waals surface area contributed by atoms with Gasteiger partial charge < -0.3 is 10.3 Å². The Morgan fingerprint density at radius 2 is 1.81 bits per heavy atom. The van der Waals surface area contributed by atoms with Crippen molar-refractivity contribution in [1.82, 2.24) is 10.3 Å². The summed E-state index contributed by atoms with van der Waals surface area (Å²) >= 11 is 0. The molecule has 0 saturated carbocycles. The number of aromatic amines is 1. The molecule has 2 aromatic carbocycles. The van der Waals surface area contributed by atoms with Gasteiger partial charge in [-0.3, -0.25) is 4.79 Å². The Kier molecular flexibility index (Phi) is 3.73. The van der Waals surface area contributed by atoms with Crippen LogP contribution in [0.5, 0.6) is 0 Å². The van der Waals surface area contributed by atoms with E-state index in [1.807, 2.05) is 48.5 Å². The minimum absolute atomic E-state index is 0.0611. The molecule has 0 aliphatic rings. The fourth-order valence-electron chi connectivity index (χ4n) is 2.44. The number of carbonyl (C=O) groups is 1. The maximum Gasteiger partial charge on any atom is 0.267 e. The smallest absolute Gasteiger partial charge is 0.267 e. The molecule has 0 bridgehead atoms. The lowest BCUT2D eigenvalue weighted by molar-refractivity contribution is 0.0947. The third-order valence-electron chi connectivity index (χ3n) is 3.71. The lowest BCUT2D eigenvalue weighted by Crippen LogP contribution is -2.27. The molecule has 0 spiro atoms. The van der Waals surface area contributed by atoms with E-state index in [2.05, 4.69) is 29.4 Å². The maximum absolute atomic E-state index is 12.2. The van der Waals surface area contributed by atoms with E-state index in [0.29, 0.717) is 18.2 Å². The Labute approximate surface area is 124 Å². The van der Waals surface area contributed by atoms with Gasteiger partial charge in [0.2, 0.25) is 0 Å². The number of para-hydroxylation sites is 1. The second-order valence-electron chi connectivity index (χ2n) is 5.29. The molecule has 0 fully saturated rings. The third-order valence-corrected chi connectivity index (χ3v) is 3.71. The lowest BCUT2D eigenvalue weighted by atomic mass is 10.0. The van der Waals surface area contributed by atoms with Crippen molar-refractivity contribution < 1.29 is 4.79 Å². The molecule has 0 radical (unpaired) electrons. The van der Waals surface area contributed by atoms with E-state index in [1.165, 1.54) is 5.56 Å². The summed E-state index contributed by atoms with van der Waals surface area (Å²) < 4.78 is 0. The Morgan fingerprint density at radius 3 is 2.57 bits per heavy atom. The number of benzene rings is 2. The summed E-state index contributed by atoms with van der Waals surface area (Å²) in [7, 11) is 0. The van der Waals surface area contributed by atoms with Crippen molar-refractivity contribution in [3.63, 3.8) is 0 Å². The topological polar surface area (TPSA) is 44.9 Å². The van der Waals surface area contributed by atoms with E-state index in [-0.39, 0.29) is 5.91 Å². The van der Waals surface area contributed by atoms with Crippen LogP contribution in [0.1, 0.15) is 28.9 Å². The van der Waals surface area contributed by atoms with Gasteiger partial charge in [-0.1, -0.05) is 55.5 Å². The molecule has 1 unspecified atom stereocenters. The molecular weight excluding hydrogens is 260 g/mol. The first kappa shape index (κ1) is 13.4. The van der Waals surface area contributed by atoms with Gasteiger partial charge in [0, 0.05) is 17.4 Å². The zero-order valence-corrected chi connectivity index (χ0v) is 12.0. The van der Waals surface area contributed by atoms with E-state index < -0.39 is 0 Å². The standard InChI is InChI=1S/C18H18N2O/c1-13(14-7-3-2-4-8-14)12-19-18(21)17-11-15-9-5-6-10-16(15)20-17/h2-11,13,20H,12H2,1H3,(H,19,21). The molecule has 0 saturated heterocycles. The van der Waals surface area contributed by atoms with Crippen LogP contribution in [0.4, 0.5) is 0 Å². The summed E-state index contributed by atoms with van der Waals surface area (Å²) in [5.41, 5.74) is 2.82. The molecule has 0 aliphatic heterocycles. The van der Waals surface area contributed by atoms with Crippen LogP contribution in [0.2, 0.25) is 0 Å². The molecule has 3 nitrogen and oxygen atoms in total. The van der Waals surface area contributed by atoms with E-state index in [4.69, 9.17) is 0 Å². The van der Waals surface area contributed by atoms with Crippen molar-refractivity contribution in [2.45, 2.75) is 12.8 Å². The van der Waals surface area contributed by atoms with Crippen LogP contribution < -0.4 is 5.32 Å². The number of carbonyl (C=O) groups excluding carboxylic acids is 1. The van der Waals surface area contributed by atoms with Crippen molar-refractivity contribution in [2.75, 3.05) is 6.54 Å². The predicted octanol–water partition coefficient (Wildman–Crippen LogP) is 3.70. The number of hydrogen-bond donors (Lipinski definition) is 2. The first-order valence-electron chi connectivity index (χ1n) is 7.15. The van der Waals surface area contributed by atoms with Gasteiger partial charge in [-0.15, -0.1) is 0 Å². The van der Waals surface area contributed by atoms with Gasteiger partial charge in [0.25, 0.3) is 5.91 Å². The van der Waals surface area contributed by atoms with Crippen molar-refractivity contribution in [3.05, 3.63) is 71.9 Å². The third kappa shape index (κ3) is 2.97. The highest BCUT2D eigenvalue weighted by molar-refractivity contribution is 5.97. The van der Waals surface area contributed by atoms with Gasteiger partial charge >= 0.3 is 0 Å². The molecule has 0 aliphatic carbocycles.